The molecule has 5 nitrogen and oxygen atoms in total. The summed E-state index contributed by atoms with van der Waals surface area (Å²) in [6.07, 6.45) is 3.93. The van der Waals surface area contributed by atoms with E-state index in [9.17, 15) is 0 Å². The van der Waals surface area contributed by atoms with Gasteiger partial charge in [-0.05, 0) is 36.1 Å². The third-order valence-corrected chi connectivity index (χ3v) is 4.27. The fourth-order valence-corrected chi connectivity index (χ4v) is 2.83. The second-order valence-corrected chi connectivity index (χ2v) is 6.41. The van der Waals surface area contributed by atoms with Gasteiger partial charge in [0.05, 0.1) is 12.2 Å². The van der Waals surface area contributed by atoms with Crippen LogP contribution in [0.15, 0.2) is 46.0 Å². The molecule has 0 saturated heterocycles. The lowest BCUT2D eigenvalue weighted by atomic mass is 9.97. The van der Waals surface area contributed by atoms with Crippen molar-refractivity contribution in [1.29, 1.82) is 0 Å². The molecule has 2 aromatic rings. The Kier molecular flexibility index (Phi) is 10.0. The van der Waals surface area contributed by atoms with Crippen molar-refractivity contribution in [1.82, 2.24) is 20.8 Å². The molecule has 0 aliphatic rings. The summed E-state index contributed by atoms with van der Waals surface area (Å²) in [4.78, 5) is 4.27. The predicted molar refractivity (Wildman–Crippen MR) is 114 cm³/mol. The maximum Gasteiger partial charge on any atom is 0.191 e. The van der Waals surface area contributed by atoms with Crippen LogP contribution >= 0.6 is 39.9 Å². The number of benzene rings is 1. The molecule has 0 spiro atoms. The van der Waals surface area contributed by atoms with Gasteiger partial charge in [0.1, 0.15) is 0 Å². The van der Waals surface area contributed by atoms with E-state index in [1.807, 2.05) is 6.07 Å². The van der Waals surface area contributed by atoms with Gasteiger partial charge in [-0.15, -0.1) is 24.0 Å². The van der Waals surface area contributed by atoms with Crippen LogP contribution in [-0.2, 0) is 13.0 Å². The fourth-order valence-electron chi connectivity index (χ4n) is 2.38. The third kappa shape index (κ3) is 7.21. The third-order valence-electron chi connectivity index (χ3n) is 3.78. The van der Waals surface area contributed by atoms with Crippen molar-refractivity contribution in [2.75, 3.05) is 13.6 Å². The molecule has 0 bridgehead atoms. The first-order chi connectivity index (χ1) is 11.2. The van der Waals surface area contributed by atoms with E-state index in [4.69, 9.17) is 0 Å². The van der Waals surface area contributed by atoms with E-state index in [0.29, 0.717) is 12.5 Å². The van der Waals surface area contributed by atoms with Crippen LogP contribution in [0, 0.1) is 5.92 Å². The van der Waals surface area contributed by atoms with Crippen LogP contribution in [-0.4, -0.2) is 29.7 Å². The number of hydrogen-bond acceptors (Lipinski definition) is 2. The lowest BCUT2D eigenvalue weighted by Gasteiger charge is -2.18. The summed E-state index contributed by atoms with van der Waals surface area (Å²) in [6.45, 7) is 3.80. The van der Waals surface area contributed by atoms with E-state index in [-0.39, 0.29) is 24.0 Å². The first kappa shape index (κ1) is 21.0. The topological polar surface area (TPSA) is 65.1 Å². The molecule has 1 aromatic carbocycles. The van der Waals surface area contributed by atoms with Crippen LogP contribution in [0.3, 0.4) is 0 Å². The van der Waals surface area contributed by atoms with Crippen LogP contribution in [0.2, 0.25) is 0 Å². The molecule has 0 radical (unpaired) electrons. The average Bonchev–Trinajstić information content (AvgIpc) is 3.07. The molecule has 0 aliphatic carbocycles. The van der Waals surface area contributed by atoms with Crippen LogP contribution in [0.25, 0.3) is 0 Å². The van der Waals surface area contributed by atoms with Crippen molar-refractivity contribution in [2.45, 2.75) is 26.3 Å². The number of rotatable bonds is 7. The molecule has 1 heterocycles. The Morgan fingerprint density at radius 3 is 2.79 bits per heavy atom. The Morgan fingerprint density at radius 1 is 1.33 bits per heavy atom. The molecule has 2 rings (SSSR count). The summed E-state index contributed by atoms with van der Waals surface area (Å²) in [5.41, 5.74) is 2.39. The molecular formula is C17H25BrIN5. The first-order valence-electron chi connectivity index (χ1n) is 7.88. The maximum atomic E-state index is 4.27. The number of guanidine groups is 1. The van der Waals surface area contributed by atoms with Gasteiger partial charge in [-0.1, -0.05) is 41.4 Å². The molecule has 132 valence electrons. The van der Waals surface area contributed by atoms with E-state index in [0.717, 1.165) is 35.5 Å². The molecule has 0 amide bonds. The summed E-state index contributed by atoms with van der Waals surface area (Å²) in [7, 11) is 1.79. The van der Waals surface area contributed by atoms with Gasteiger partial charge in [-0.3, -0.25) is 10.1 Å². The van der Waals surface area contributed by atoms with Gasteiger partial charge in [0, 0.05) is 24.3 Å². The molecule has 1 atom stereocenters. The Balaban J connectivity index is 0.00000288. The SMILES string of the molecule is CCC(CNC(=NC)NCc1ccn[nH]1)Cc1cccc(Br)c1.I. The van der Waals surface area contributed by atoms with Crippen LogP contribution in [0.5, 0.6) is 0 Å². The monoisotopic (exact) mass is 505 g/mol. The molecule has 7 heteroatoms. The molecule has 24 heavy (non-hydrogen) atoms. The lowest BCUT2D eigenvalue weighted by molar-refractivity contribution is 0.493. The minimum atomic E-state index is 0. The maximum absolute atomic E-state index is 4.27. The Morgan fingerprint density at radius 2 is 2.17 bits per heavy atom. The minimum Gasteiger partial charge on any atom is -0.356 e. The van der Waals surface area contributed by atoms with Crippen molar-refractivity contribution in [2.24, 2.45) is 10.9 Å². The van der Waals surface area contributed by atoms with Crippen LogP contribution in [0.4, 0.5) is 0 Å². The molecule has 0 fully saturated rings. The number of aromatic nitrogens is 2. The van der Waals surface area contributed by atoms with Gasteiger partial charge >= 0.3 is 0 Å². The van der Waals surface area contributed by atoms with Crippen molar-refractivity contribution < 1.29 is 0 Å². The summed E-state index contributed by atoms with van der Waals surface area (Å²) < 4.78 is 1.13. The lowest BCUT2D eigenvalue weighted by Crippen LogP contribution is -2.39. The highest BCUT2D eigenvalue weighted by atomic mass is 127. The number of H-pyrrole nitrogens is 1. The first-order valence-corrected chi connectivity index (χ1v) is 8.67. The second kappa shape index (κ2) is 11.5. The molecule has 0 aliphatic heterocycles. The summed E-state index contributed by atoms with van der Waals surface area (Å²) in [6, 6.07) is 10.5. The minimum absolute atomic E-state index is 0. The predicted octanol–water partition coefficient (Wildman–Crippen LogP) is 3.72. The molecule has 0 saturated carbocycles. The number of aromatic amines is 1. The second-order valence-electron chi connectivity index (χ2n) is 5.50. The zero-order valence-electron chi connectivity index (χ0n) is 14.1. The van der Waals surface area contributed by atoms with Crippen LogP contribution in [0.1, 0.15) is 24.6 Å². The van der Waals surface area contributed by atoms with E-state index >= 15 is 0 Å². The zero-order valence-corrected chi connectivity index (χ0v) is 18.0. The summed E-state index contributed by atoms with van der Waals surface area (Å²) >= 11 is 3.53. The Hall–Kier alpha value is -1.09. The van der Waals surface area contributed by atoms with Crippen LogP contribution < -0.4 is 10.6 Å². The molecule has 1 aromatic heterocycles. The van der Waals surface area contributed by atoms with Gasteiger partial charge < -0.3 is 10.6 Å². The highest BCUT2D eigenvalue weighted by Gasteiger charge is 2.09. The van der Waals surface area contributed by atoms with E-state index in [1.54, 1.807) is 13.2 Å². The smallest absolute Gasteiger partial charge is 0.191 e. The summed E-state index contributed by atoms with van der Waals surface area (Å²) in [5.74, 6) is 1.38. The van der Waals surface area contributed by atoms with Crippen molar-refractivity contribution in [3.05, 3.63) is 52.3 Å². The number of aliphatic imine (C=N–C) groups is 1. The molecule has 1 unspecified atom stereocenters. The van der Waals surface area contributed by atoms with Gasteiger partial charge in [0.15, 0.2) is 5.96 Å². The van der Waals surface area contributed by atoms with E-state index in [2.05, 4.69) is 72.9 Å². The van der Waals surface area contributed by atoms with Gasteiger partial charge in [-0.2, -0.15) is 5.10 Å². The van der Waals surface area contributed by atoms with E-state index < -0.39 is 0 Å². The van der Waals surface area contributed by atoms with Gasteiger partial charge in [0.2, 0.25) is 0 Å². The molecular weight excluding hydrogens is 481 g/mol. The van der Waals surface area contributed by atoms with Crippen molar-refractivity contribution in [3.63, 3.8) is 0 Å². The number of nitrogens with one attached hydrogen (secondary N) is 3. The standard InChI is InChI=1S/C17H24BrN5.HI/c1-3-13(9-14-5-4-6-15(18)10-14)11-20-17(19-2)21-12-16-7-8-22-23-16;/h4-8,10,13H,3,9,11-12H2,1-2H3,(H,22,23)(H2,19,20,21);1H. The number of nitrogens with zero attached hydrogens (tertiary/aromatic N) is 2. The van der Waals surface area contributed by atoms with Crippen molar-refractivity contribution >= 4 is 45.9 Å². The normalized spacial score (nSPS) is 12.4. The fraction of sp³-hybridized carbons (Fsp3) is 0.412. The molecule has 3 N–H and O–H groups in total. The van der Waals surface area contributed by atoms with Gasteiger partial charge in [-0.25, -0.2) is 0 Å². The quantitative estimate of drug-likeness (QED) is 0.305. The number of hydrogen-bond donors (Lipinski definition) is 3. The number of halogens is 2. The van der Waals surface area contributed by atoms with Crippen molar-refractivity contribution in [3.8, 4) is 0 Å². The van der Waals surface area contributed by atoms with E-state index in [1.165, 1.54) is 5.56 Å². The Labute approximate surface area is 169 Å². The largest absolute Gasteiger partial charge is 0.356 e. The summed E-state index contributed by atoms with van der Waals surface area (Å²) in [5, 5.41) is 13.6. The van der Waals surface area contributed by atoms with Gasteiger partial charge in [0.25, 0.3) is 0 Å². The average molecular weight is 506 g/mol. The Bertz CT molecular complexity index is 615. The highest BCUT2D eigenvalue weighted by molar-refractivity contribution is 14.0. The highest BCUT2D eigenvalue weighted by Crippen LogP contribution is 2.16. The zero-order chi connectivity index (χ0) is 16.5.